The van der Waals surface area contributed by atoms with Gasteiger partial charge in [0.05, 0.1) is 15.9 Å². The van der Waals surface area contributed by atoms with Crippen LogP contribution >= 0.6 is 11.3 Å². The number of rotatable bonds is 5. The number of hydrogen-bond donors (Lipinski definition) is 1. The summed E-state index contributed by atoms with van der Waals surface area (Å²) in [4.78, 5) is 10.1. The van der Waals surface area contributed by atoms with E-state index in [1.54, 1.807) is 17.6 Å². The lowest BCUT2D eigenvalue weighted by Crippen LogP contribution is -2.17. The number of phenolic OH excluding ortho intramolecular Hbond substituents is 1. The molecule has 0 aliphatic heterocycles. The summed E-state index contributed by atoms with van der Waals surface area (Å²) < 4.78 is 1.15. The van der Waals surface area contributed by atoms with Crippen LogP contribution in [0.25, 0.3) is 31.9 Å². The quantitative estimate of drug-likeness (QED) is 0.217. The van der Waals surface area contributed by atoms with E-state index in [1.807, 2.05) is 18.2 Å². The van der Waals surface area contributed by atoms with Gasteiger partial charge in [0.15, 0.2) is 0 Å². The van der Waals surface area contributed by atoms with E-state index in [2.05, 4.69) is 116 Å². The largest absolute Gasteiger partial charge is 0.507 e. The first-order valence-electron chi connectivity index (χ1n) is 14.3. The number of para-hydroxylation sites is 2. The van der Waals surface area contributed by atoms with E-state index in [0.29, 0.717) is 11.7 Å². The van der Waals surface area contributed by atoms with Crippen LogP contribution in [-0.2, 0) is 10.8 Å². The SMILES string of the molecule is CC(C)c1cccc(-c2cccc3sc(-c4ccccc4N=Cc4cc(C(C)(C)C)cc(C(C)(C)C)c4O)nc23)c1. The molecule has 5 rings (SSSR count). The van der Waals surface area contributed by atoms with Crippen molar-refractivity contribution >= 4 is 33.5 Å². The van der Waals surface area contributed by atoms with Crippen LogP contribution in [0.3, 0.4) is 0 Å². The van der Waals surface area contributed by atoms with Crippen LogP contribution in [0.15, 0.2) is 83.9 Å². The highest BCUT2D eigenvalue weighted by atomic mass is 32.1. The van der Waals surface area contributed by atoms with Gasteiger partial charge in [-0.15, -0.1) is 11.3 Å². The van der Waals surface area contributed by atoms with Gasteiger partial charge in [0, 0.05) is 28.5 Å². The molecule has 4 heteroatoms. The number of aromatic hydroxyl groups is 1. The molecular weight excluding hydrogens is 520 g/mol. The van der Waals surface area contributed by atoms with Crippen molar-refractivity contribution in [2.24, 2.45) is 4.99 Å². The number of fused-ring (bicyclic) bond motifs is 1. The molecule has 0 saturated carbocycles. The maximum absolute atomic E-state index is 11.3. The molecule has 0 bridgehead atoms. The Hall–Kier alpha value is -3.76. The third-order valence-electron chi connectivity index (χ3n) is 7.57. The lowest BCUT2D eigenvalue weighted by atomic mass is 9.79. The topological polar surface area (TPSA) is 45.5 Å². The Morgan fingerprint density at radius 1 is 0.805 bits per heavy atom. The number of benzene rings is 4. The van der Waals surface area contributed by atoms with Crippen molar-refractivity contribution in [3.05, 3.63) is 101 Å². The van der Waals surface area contributed by atoms with Crippen molar-refractivity contribution in [3.63, 3.8) is 0 Å². The van der Waals surface area contributed by atoms with Crippen LogP contribution in [0.4, 0.5) is 5.69 Å². The zero-order valence-electron chi connectivity index (χ0n) is 25.4. The van der Waals surface area contributed by atoms with Crippen molar-refractivity contribution in [1.82, 2.24) is 4.98 Å². The van der Waals surface area contributed by atoms with Gasteiger partial charge >= 0.3 is 0 Å². The fourth-order valence-corrected chi connectivity index (χ4v) is 6.05. The third kappa shape index (κ3) is 5.99. The molecule has 1 N–H and O–H groups in total. The second kappa shape index (κ2) is 10.9. The molecule has 210 valence electrons. The molecule has 0 atom stereocenters. The van der Waals surface area contributed by atoms with Gasteiger partial charge in [-0.2, -0.15) is 0 Å². The Bertz CT molecular complexity index is 1750. The van der Waals surface area contributed by atoms with Crippen LogP contribution in [0.1, 0.15) is 83.6 Å². The Balaban J connectivity index is 1.59. The molecule has 0 radical (unpaired) electrons. The van der Waals surface area contributed by atoms with Gasteiger partial charge in [-0.05, 0) is 57.7 Å². The van der Waals surface area contributed by atoms with Crippen molar-refractivity contribution in [3.8, 4) is 27.4 Å². The van der Waals surface area contributed by atoms with Crippen molar-refractivity contribution in [2.45, 2.75) is 72.1 Å². The smallest absolute Gasteiger partial charge is 0.128 e. The van der Waals surface area contributed by atoms with Gasteiger partial charge in [-0.25, -0.2) is 4.98 Å². The summed E-state index contributed by atoms with van der Waals surface area (Å²) in [5, 5.41) is 12.2. The second-order valence-electron chi connectivity index (χ2n) is 13.2. The zero-order chi connectivity index (χ0) is 29.5. The first-order valence-corrected chi connectivity index (χ1v) is 15.2. The highest BCUT2D eigenvalue weighted by Crippen LogP contribution is 2.40. The highest BCUT2D eigenvalue weighted by Gasteiger charge is 2.24. The number of phenols is 1. The van der Waals surface area contributed by atoms with Crippen molar-refractivity contribution in [1.29, 1.82) is 0 Å². The molecule has 4 aromatic carbocycles. The molecule has 0 amide bonds. The predicted octanol–water partition coefficient (Wildman–Crippen LogP) is 10.8. The zero-order valence-corrected chi connectivity index (χ0v) is 26.2. The van der Waals surface area contributed by atoms with Gasteiger partial charge < -0.3 is 5.11 Å². The van der Waals surface area contributed by atoms with E-state index in [9.17, 15) is 5.11 Å². The summed E-state index contributed by atoms with van der Waals surface area (Å²) in [5.74, 6) is 0.757. The minimum absolute atomic E-state index is 0.0540. The Kier molecular flexibility index (Phi) is 7.65. The Morgan fingerprint density at radius 3 is 2.22 bits per heavy atom. The molecule has 0 aliphatic carbocycles. The number of aromatic nitrogens is 1. The molecule has 0 aliphatic rings. The van der Waals surface area contributed by atoms with E-state index in [4.69, 9.17) is 9.98 Å². The number of aliphatic imine (C=N–C) groups is 1. The predicted molar refractivity (Wildman–Crippen MR) is 177 cm³/mol. The summed E-state index contributed by atoms with van der Waals surface area (Å²) in [5.41, 5.74) is 9.06. The molecule has 0 fully saturated rings. The lowest BCUT2D eigenvalue weighted by Gasteiger charge is -2.27. The third-order valence-corrected chi connectivity index (χ3v) is 8.63. The summed E-state index contributed by atoms with van der Waals surface area (Å²) in [6.45, 7) is 17.4. The van der Waals surface area contributed by atoms with E-state index < -0.39 is 0 Å². The van der Waals surface area contributed by atoms with Gasteiger partial charge in [0.1, 0.15) is 10.8 Å². The number of hydrogen-bond acceptors (Lipinski definition) is 4. The fraction of sp³-hybridized carbons (Fsp3) is 0.297. The van der Waals surface area contributed by atoms with Crippen LogP contribution in [-0.4, -0.2) is 16.3 Å². The van der Waals surface area contributed by atoms with Crippen LogP contribution < -0.4 is 0 Å². The molecule has 1 aromatic heterocycles. The average Bonchev–Trinajstić information content (AvgIpc) is 3.36. The Labute approximate surface area is 248 Å². The molecule has 0 saturated heterocycles. The first kappa shape index (κ1) is 28.8. The van der Waals surface area contributed by atoms with E-state index >= 15 is 0 Å². The highest BCUT2D eigenvalue weighted by molar-refractivity contribution is 7.21. The van der Waals surface area contributed by atoms with Crippen LogP contribution in [0.5, 0.6) is 5.75 Å². The maximum atomic E-state index is 11.3. The van der Waals surface area contributed by atoms with Crippen molar-refractivity contribution in [2.75, 3.05) is 0 Å². The van der Waals surface area contributed by atoms with Crippen LogP contribution in [0, 0.1) is 0 Å². The molecule has 0 spiro atoms. The number of nitrogens with zero attached hydrogens (tertiary/aromatic N) is 2. The molecule has 5 aromatic rings. The van der Waals surface area contributed by atoms with E-state index in [1.165, 1.54) is 16.7 Å². The summed E-state index contributed by atoms with van der Waals surface area (Å²) >= 11 is 1.69. The fourth-order valence-electron chi connectivity index (χ4n) is 5.03. The normalized spacial score (nSPS) is 12.6. The molecular formula is C37H40N2OS. The average molecular weight is 561 g/mol. The maximum Gasteiger partial charge on any atom is 0.128 e. The summed E-state index contributed by atoms with van der Waals surface area (Å²) in [6.07, 6.45) is 1.80. The standard InChI is InChI=1S/C37H40N2OS/c1-23(2)24-13-11-14-25(19-24)28-16-12-18-32-33(28)39-35(41-32)29-15-9-10-17-31(29)38-22-26-20-27(36(3,4)5)21-30(34(26)40)37(6,7)8/h9-23,40H,1-8H3. The monoisotopic (exact) mass is 560 g/mol. The van der Waals surface area contributed by atoms with Crippen molar-refractivity contribution < 1.29 is 5.11 Å². The van der Waals surface area contributed by atoms with E-state index in [-0.39, 0.29) is 10.8 Å². The van der Waals surface area contributed by atoms with Gasteiger partial charge in [0.2, 0.25) is 0 Å². The van der Waals surface area contributed by atoms with Gasteiger partial charge in [-0.3, -0.25) is 4.99 Å². The Morgan fingerprint density at radius 2 is 1.51 bits per heavy atom. The van der Waals surface area contributed by atoms with E-state index in [0.717, 1.165) is 43.2 Å². The van der Waals surface area contributed by atoms with Gasteiger partial charge in [0.25, 0.3) is 0 Å². The van der Waals surface area contributed by atoms with Gasteiger partial charge in [-0.1, -0.05) is 110 Å². The summed E-state index contributed by atoms with van der Waals surface area (Å²) in [6, 6.07) is 27.5. The molecule has 41 heavy (non-hydrogen) atoms. The first-order chi connectivity index (χ1) is 19.3. The molecule has 3 nitrogen and oxygen atoms in total. The summed E-state index contributed by atoms with van der Waals surface area (Å²) in [7, 11) is 0. The molecule has 1 heterocycles. The minimum Gasteiger partial charge on any atom is -0.507 e. The van der Waals surface area contributed by atoms with Crippen LogP contribution in [0.2, 0.25) is 0 Å². The second-order valence-corrected chi connectivity index (χ2v) is 14.2. The number of thiazole rings is 1. The lowest BCUT2D eigenvalue weighted by molar-refractivity contribution is 0.444. The minimum atomic E-state index is -0.195. The molecule has 0 unspecified atom stereocenters.